The first-order valence-electron chi connectivity index (χ1n) is 9.19. The van der Waals surface area contributed by atoms with Crippen molar-refractivity contribution in [3.63, 3.8) is 0 Å². The number of rotatable bonds is 10. The van der Waals surface area contributed by atoms with E-state index in [1.807, 2.05) is 13.1 Å². The van der Waals surface area contributed by atoms with E-state index in [0.717, 1.165) is 48.0 Å². The SMILES string of the molecule is CC1=CC=C(N(CCCl)CCCCl)C=Cc2nc(CCCC(=O)O)n(C)c21. The Labute approximate surface area is 171 Å². The predicted octanol–water partition coefficient (Wildman–Crippen LogP) is 4.31. The number of fused-ring (bicyclic) bond motifs is 1. The van der Waals surface area contributed by atoms with E-state index in [1.54, 1.807) is 0 Å². The molecule has 1 aliphatic carbocycles. The van der Waals surface area contributed by atoms with Gasteiger partial charge < -0.3 is 14.6 Å². The van der Waals surface area contributed by atoms with Crippen LogP contribution in [0.25, 0.3) is 11.6 Å². The standard InChI is InChI=1S/C20H27Cl2N3O2/c1-15-7-8-16(25(14-12-22)13-4-11-21)9-10-17-20(15)24(2)18(23-17)5-3-6-19(26)27/h7-10H,3-6,11-14H2,1-2H3,(H,26,27). The number of carboxylic acid groups (broad SMARTS) is 1. The van der Waals surface area contributed by atoms with E-state index >= 15 is 0 Å². The van der Waals surface area contributed by atoms with Crippen molar-refractivity contribution in [3.05, 3.63) is 41.1 Å². The van der Waals surface area contributed by atoms with Crippen LogP contribution in [-0.2, 0) is 18.3 Å². The number of alkyl halides is 2. The first-order chi connectivity index (χ1) is 13.0. The summed E-state index contributed by atoms with van der Waals surface area (Å²) in [5.41, 5.74) is 4.18. The van der Waals surface area contributed by atoms with E-state index in [1.165, 1.54) is 0 Å². The molecule has 0 saturated heterocycles. The van der Waals surface area contributed by atoms with Crippen LogP contribution in [0.1, 0.15) is 43.4 Å². The lowest BCUT2D eigenvalue weighted by Crippen LogP contribution is -2.26. The van der Waals surface area contributed by atoms with Gasteiger partial charge in [-0.25, -0.2) is 4.98 Å². The monoisotopic (exact) mass is 411 g/mol. The van der Waals surface area contributed by atoms with E-state index in [-0.39, 0.29) is 6.42 Å². The molecule has 1 aromatic heterocycles. The van der Waals surface area contributed by atoms with Gasteiger partial charge in [-0.05, 0) is 43.6 Å². The topological polar surface area (TPSA) is 58.4 Å². The molecule has 0 aromatic carbocycles. The Morgan fingerprint density at radius 3 is 2.63 bits per heavy atom. The molecule has 5 nitrogen and oxygen atoms in total. The van der Waals surface area contributed by atoms with Crippen LogP contribution in [0, 0.1) is 0 Å². The lowest BCUT2D eigenvalue weighted by atomic mass is 10.1. The molecule has 1 heterocycles. The molecule has 2 rings (SSSR count). The maximum atomic E-state index is 10.8. The van der Waals surface area contributed by atoms with Gasteiger partial charge >= 0.3 is 5.97 Å². The highest BCUT2D eigenvalue weighted by Gasteiger charge is 2.16. The van der Waals surface area contributed by atoms with Crippen molar-refractivity contribution in [2.45, 2.75) is 32.6 Å². The largest absolute Gasteiger partial charge is 0.481 e. The van der Waals surface area contributed by atoms with Crippen LogP contribution in [0.5, 0.6) is 0 Å². The Kier molecular flexibility index (Phi) is 8.45. The van der Waals surface area contributed by atoms with Gasteiger partial charge in [0.05, 0.1) is 11.4 Å². The highest BCUT2D eigenvalue weighted by molar-refractivity contribution is 6.18. The number of halogens is 2. The Morgan fingerprint density at radius 2 is 1.96 bits per heavy atom. The molecule has 7 heteroatoms. The van der Waals surface area contributed by atoms with E-state index in [4.69, 9.17) is 33.3 Å². The second-order valence-corrected chi connectivity index (χ2v) is 7.32. The van der Waals surface area contributed by atoms with Crippen LogP contribution < -0.4 is 0 Å². The van der Waals surface area contributed by atoms with Crippen LogP contribution in [0.2, 0.25) is 0 Å². The van der Waals surface area contributed by atoms with Crippen molar-refractivity contribution < 1.29 is 9.90 Å². The molecule has 0 bridgehead atoms. The molecular weight excluding hydrogens is 385 g/mol. The molecule has 27 heavy (non-hydrogen) atoms. The first kappa shape index (κ1) is 21.6. The van der Waals surface area contributed by atoms with Gasteiger partial charge in [-0.2, -0.15) is 0 Å². The van der Waals surface area contributed by atoms with Gasteiger partial charge in [-0.15, -0.1) is 23.2 Å². The van der Waals surface area contributed by atoms with E-state index < -0.39 is 5.97 Å². The molecule has 1 aliphatic rings. The molecule has 0 aliphatic heterocycles. The second-order valence-electron chi connectivity index (χ2n) is 6.56. The van der Waals surface area contributed by atoms with Crippen LogP contribution in [-0.4, -0.2) is 50.4 Å². The van der Waals surface area contributed by atoms with Crippen molar-refractivity contribution in [3.8, 4) is 0 Å². The summed E-state index contributed by atoms with van der Waals surface area (Å²) in [6.45, 7) is 3.69. The number of carbonyl (C=O) groups is 1. The Morgan fingerprint density at radius 1 is 1.19 bits per heavy atom. The fourth-order valence-electron chi connectivity index (χ4n) is 3.21. The zero-order valence-corrected chi connectivity index (χ0v) is 17.4. The molecule has 0 unspecified atom stereocenters. The summed E-state index contributed by atoms with van der Waals surface area (Å²) in [5.74, 6) is 1.30. The lowest BCUT2D eigenvalue weighted by Gasteiger charge is -2.25. The Balaban J connectivity index is 2.27. The number of aromatic nitrogens is 2. The number of hydrogen-bond donors (Lipinski definition) is 1. The Bertz CT molecular complexity index is 751. The van der Waals surface area contributed by atoms with Gasteiger partial charge in [0.1, 0.15) is 5.82 Å². The maximum Gasteiger partial charge on any atom is 0.303 e. The molecule has 0 radical (unpaired) electrons. The zero-order valence-electron chi connectivity index (χ0n) is 15.9. The quantitative estimate of drug-likeness (QED) is 0.582. The molecule has 0 fully saturated rings. The minimum Gasteiger partial charge on any atom is -0.481 e. The average Bonchev–Trinajstić information content (AvgIpc) is 2.92. The third-order valence-corrected chi connectivity index (χ3v) is 5.01. The lowest BCUT2D eigenvalue weighted by molar-refractivity contribution is -0.137. The zero-order chi connectivity index (χ0) is 19.8. The molecule has 0 saturated carbocycles. The summed E-state index contributed by atoms with van der Waals surface area (Å²) in [6.07, 6.45) is 10.6. The highest BCUT2D eigenvalue weighted by Crippen LogP contribution is 2.25. The minimum absolute atomic E-state index is 0.155. The predicted molar refractivity (Wildman–Crippen MR) is 112 cm³/mol. The van der Waals surface area contributed by atoms with Gasteiger partial charge in [-0.3, -0.25) is 4.79 Å². The van der Waals surface area contributed by atoms with Gasteiger partial charge in [0.15, 0.2) is 0 Å². The third kappa shape index (κ3) is 5.88. The third-order valence-electron chi connectivity index (χ3n) is 4.58. The fraction of sp³-hybridized carbons (Fsp3) is 0.500. The summed E-state index contributed by atoms with van der Waals surface area (Å²) in [5, 5.41) is 8.85. The number of nitrogens with zero attached hydrogens (tertiary/aromatic N) is 3. The normalized spacial score (nSPS) is 13.5. The van der Waals surface area contributed by atoms with Crippen molar-refractivity contribution in [1.29, 1.82) is 0 Å². The van der Waals surface area contributed by atoms with Crippen LogP contribution in [0.3, 0.4) is 0 Å². The molecule has 0 spiro atoms. The van der Waals surface area contributed by atoms with Crippen LogP contribution in [0.4, 0.5) is 0 Å². The highest BCUT2D eigenvalue weighted by atomic mass is 35.5. The van der Waals surface area contributed by atoms with E-state index in [2.05, 4.69) is 34.6 Å². The average molecular weight is 412 g/mol. The number of carboxylic acids is 1. The molecule has 148 valence electrons. The van der Waals surface area contributed by atoms with Crippen LogP contribution >= 0.6 is 23.2 Å². The first-order valence-corrected chi connectivity index (χ1v) is 10.3. The fourth-order valence-corrected chi connectivity index (χ4v) is 3.54. The molecule has 0 atom stereocenters. The van der Waals surface area contributed by atoms with Crippen molar-refractivity contribution in [2.24, 2.45) is 7.05 Å². The second kappa shape index (κ2) is 10.6. The summed E-state index contributed by atoms with van der Waals surface area (Å²) in [6, 6.07) is 0. The number of imidazole rings is 1. The number of allylic oxidation sites excluding steroid dienone is 4. The summed E-state index contributed by atoms with van der Waals surface area (Å²) in [7, 11) is 1.99. The minimum atomic E-state index is -0.774. The van der Waals surface area contributed by atoms with Crippen molar-refractivity contribution in [2.75, 3.05) is 24.8 Å². The van der Waals surface area contributed by atoms with Gasteiger partial charge in [-0.1, -0.05) is 6.08 Å². The molecule has 1 N–H and O–H groups in total. The van der Waals surface area contributed by atoms with Gasteiger partial charge in [0, 0.05) is 50.4 Å². The van der Waals surface area contributed by atoms with Gasteiger partial charge in [0.2, 0.25) is 0 Å². The summed E-state index contributed by atoms with van der Waals surface area (Å²) in [4.78, 5) is 17.7. The number of aryl methyl sites for hydroxylation is 1. The maximum absolute atomic E-state index is 10.8. The summed E-state index contributed by atoms with van der Waals surface area (Å²) < 4.78 is 2.07. The number of hydrogen-bond acceptors (Lipinski definition) is 3. The van der Waals surface area contributed by atoms with Crippen LogP contribution in [0.15, 0.2) is 23.9 Å². The van der Waals surface area contributed by atoms with Crippen molar-refractivity contribution in [1.82, 2.24) is 14.5 Å². The molecule has 0 amide bonds. The van der Waals surface area contributed by atoms with Crippen molar-refractivity contribution >= 4 is 40.8 Å². The Hall–Kier alpha value is -1.72. The molecule has 1 aromatic rings. The van der Waals surface area contributed by atoms with E-state index in [0.29, 0.717) is 24.6 Å². The van der Waals surface area contributed by atoms with Gasteiger partial charge in [0.25, 0.3) is 0 Å². The number of aliphatic carboxylic acids is 1. The molecular formula is C20H27Cl2N3O2. The smallest absolute Gasteiger partial charge is 0.303 e. The summed E-state index contributed by atoms with van der Waals surface area (Å²) >= 11 is 11.8. The van der Waals surface area contributed by atoms with E-state index in [9.17, 15) is 4.79 Å².